The Kier molecular flexibility index (Phi) is 7.41. The van der Waals surface area contributed by atoms with Crippen LogP contribution in [0, 0.1) is 0 Å². The Morgan fingerprint density at radius 3 is 2.00 bits per heavy atom. The maximum atomic E-state index is 8.93. The summed E-state index contributed by atoms with van der Waals surface area (Å²) in [5.74, 6) is 0.802. The maximum Gasteiger partial charge on any atom is 0.119 e. The summed E-state index contributed by atoms with van der Waals surface area (Å²) in [7, 11) is 0. The highest BCUT2D eigenvalue weighted by atomic mass is 16.5. The van der Waals surface area contributed by atoms with E-state index in [-0.39, 0.29) is 6.61 Å². The molecule has 102 valence electrons. The molecule has 0 aliphatic heterocycles. The van der Waals surface area contributed by atoms with Crippen LogP contribution < -0.4 is 4.74 Å². The van der Waals surface area contributed by atoms with Crippen LogP contribution in [-0.2, 0) is 0 Å². The lowest BCUT2D eigenvalue weighted by Gasteiger charge is -2.22. The first kappa shape index (κ1) is 15.0. The number of rotatable bonds is 3. The molecule has 1 aliphatic carbocycles. The number of ether oxygens (including phenoxy) is 1. The minimum atomic E-state index is -0.441. The Hall–Kier alpha value is -1.10. The number of aliphatic hydroxyl groups excluding tert-OH is 3. The molecule has 0 saturated heterocycles. The molecule has 1 aromatic rings. The van der Waals surface area contributed by atoms with Gasteiger partial charge in [0.2, 0.25) is 0 Å². The molecule has 2 rings (SSSR count). The van der Waals surface area contributed by atoms with Gasteiger partial charge < -0.3 is 20.1 Å². The van der Waals surface area contributed by atoms with Crippen LogP contribution >= 0.6 is 0 Å². The molecule has 4 nitrogen and oxygen atoms in total. The topological polar surface area (TPSA) is 69.9 Å². The fraction of sp³-hybridized carbons (Fsp3) is 0.571. The van der Waals surface area contributed by atoms with Gasteiger partial charge in [0.05, 0.1) is 18.8 Å². The molecule has 1 aromatic carbocycles. The molecule has 2 atom stereocenters. The lowest BCUT2D eigenvalue weighted by atomic mass is 9.95. The van der Waals surface area contributed by atoms with Crippen molar-refractivity contribution in [3.63, 3.8) is 0 Å². The summed E-state index contributed by atoms with van der Waals surface area (Å²) in [6.45, 7) is 0.429. The summed E-state index contributed by atoms with van der Waals surface area (Å²) in [4.78, 5) is 0. The molecule has 0 amide bonds. The van der Waals surface area contributed by atoms with E-state index in [4.69, 9.17) is 20.1 Å². The largest absolute Gasteiger partial charge is 0.491 e. The normalized spacial score (nSPS) is 22.8. The van der Waals surface area contributed by atoms with Gasteiger partial charge in [0.1, 0.15) is 12.4 Å². The Balaban J connectivity index is 0.000000184. The van der Waals surface area contributed by atoms with Crippen LogP contribution in [0.1, 0.15) is 25.7 Å². The van der Waals surface area contributed by atoms with E-state index < -0.39 is 12.2 Å². The molecule has 0 radical (unpaired) electrons. The zero-order valence-corrected chi connectivity index (χ0v) is 10.5. The molecule has 2 unspecified atom stereocenters. The highest BCUT2D eigenvalue weighted by molar-refractivity contribution is 5.20. The van der Waals surface area contributed by atoms with E-state index in [2.05, 4.69) is 0 Å². The Bertz CT molecular complexity index is 292. The molecule has 0 aromatic heterocycles. The fourth-order valence-electron chi connectivity index (χ4n) is 1.77. The maximum absolute atomic E-state index is 8.93. The van der Waals surface area contributed by atoms with Crippen molar-refractivity contribution in [2.24, 2.45) is 0 Å². The summed E-state index contributed by atoms with van der Waals surface area (Å²) in [5.41, 5.74) is 0. The Morgan fingerprint density at radius 2 is 1.56 bits per heavy atom. The zero-order valence-electron chi connectivity index (χ0n) is 10.5. The van der Waals surface area contributed by atoms with E-state index in [1.54, 1.807) is 0 Å². The molecule has 1 fully saturated rings. The third-order valence-electron chi connectivity index (χ3n) is 2.80. The monoisotopic (exact) mass is 254 g/mol. The molecule has 0 heterocycles. The lowest BCUT2D eigenvalue weighted by molar-refractivity contribution is -0.00865. The summed E-state index contributed by atoms with van der Waals surface area (Å²) in [6, 6.07) is 9.43. The smallest absolute Gasteiger partial charge is 0.119 e. The van der Waals surface area contributed by atoms with Crippen molar-refractivity contribution in [2.45, 2.75) is 37.9 Å². The molecular weight excluding hydrogens is 232 g/mol. The van der Waals surface area contributed by atoms with Gasteiger partial charge in [-0.2, -0.15) is 0 Å². The lowest BCUT2D eigenvalue weighted by Crippen LogP contribution is -2.28. The van der Waals surface area contributed by atoms with Crippen molar-refractivity contribution in [1.29, 1.82) is 0 Å². The van der Waals surface area contributed by atoms with Crippen LogP contribution in [0.25, 0.3) is 0 Å². The van der Waals surface area contributed by atoms with E-state index in [1.165, 1.54) is 0 Å². The Labute approximate surface area is 108 Å². The highest BCUT2D eigenvalue weighted by Gasteiger charge is 2.19. The zero-order chi connectivity index (χ0) is 13.2. The number of para-hydroxylation sites is 1. The quantitative estimate of drug-likeness (QED) is 0.761. The standard InChI is InChI=1S/C8H10O2.C6H12O2/c9-6-7-10-8-4-2-1-3-5-8;7-5-3-1-2-4-6(5)8/h1-5,9H,6-7H2;5-8H,1-4H2. The minimum Gasteiger partial charge on any atom is -0.491 e. The van der Waals surface area contributed by atoms with Gasteiger partial charge in [0, 0.05) is 0 Å². The van der Waals surface area contributed by atoms with Crippen molar-refractivity contribution in [3.05, 3.63) is 30.3 Å². The number of hydrogen-bond donors (Lipinski definition) is 3. The van der Waals surface area contributed by atoms with Gasteiger partial charge in [0.25, 0.3) is 0 Å². The van der Waals surface area contributed by atoms with Gasteiger partial charge in [-0.05, 0) is 25.0 Å². The first-order chi connectivity index (χ1) is 8.74. The second-order valence-corrected chi connectivity index (χ2v) is 4.30. The molecule has 0 spiro atoms. The summed E-state index contributed by atoms with van der Waals surface area (Å²) in [6.07, 6.45) is 2.81. The fourth-order valence-corrected chi connectivity index (χ4v) is 1.77. The predicted octanol–water partition coefficient (Wildman–Crippen LogP) is 1.34. The first-order valence-electron chi connectivity index (χ1n) is 6.39. The predicted molar refractivity (Wildman–Crippen MR) is 69.5 cm³/mol. The van der Waals surface area contributed by atoms with E-state index in [1.807, 2.05) is 30.3 Å². The minimum absolute atomic E-state index is 0.0644. The number of benzene rings is 1. The van der Waals surface area contributed by atoms with Gasteiger partial charge >= 0.3 is 0 Å². The Morgan fingerprint density at radius 1 is 1.00 bits per heavy atom. The van der Waals surface area contributed by atoms with Gasteiger partial charge in [-0.3, -0.25) is 0 Å². The van der Waals surface area contributed by atoms with Crippen molar-refractivity contribution in [2.75, 3.05) is 13.2 Å². The molecule has 0 bridgehead atoms. The summed E-state index contributed by atoms with van der Waals surface area (Å²) < 4.78 is 5.11. The highest BCUT2D eigenvalue weighted by Crippen LogP contribution is 2.17. The molecule has 1 saturated carbocycles. The van der Waals surface area contributed by atoms with Crippen molar-refractivity contribution < 1.29 is 20.1 Å². The van der Waals surface area contributed by atoms with Gasteiger partial charge in [-0.15, -0.1) is 0 Å². The van der Waals surface area contributed by atoms with Crippen molar-refractivity contribution in [1.82, 2.24) is 0 Å². The van der Waals surface area contributed by atoms with E-state index in [9.17, 15) is 0 Å². The third-order valence-corrected chi connectivity index (χ3v) is 2.80. The van der Waals surface area contributed by atoms with Crippen LogP contribution in [0.4, 0.5) is 0 Å². The number of aliphatic hydroxyl groups is 3. The third kappa shape index (κ3) is 6.00. The average Bonchev–Trinajstić information content (AvgIpc) is 2.42. The van der Waals surface area contributed by atoms with Crippen LogP contribution in [-0.4, -0.2) is 40.7 Å². The molecule has 18 heavy (non-hydrogen) atoms. The van der Waals surface area contributed by atoms with Gasteiger partial charge in [0.15, 0.2) is 0 Å². The first-order valence-corrected chi connectivity index (χ1v) is 6.39. The van der Waals surface area contributed by atoms with Gasteiger partial charge in [-0.1, -0.05) is 31.0 Å². The van der Waals surface area contributed by atoms with E-state index in [0.717, 1.165) is 31.4 Å². The average molecular weight is 254 g/mol. The van der Waals surface area contributed by atoms with Crippen LogP contribution in [0.5, 0.6) is 5.75 Å². The van der Waals surface area contributed by atoms with E-state index in [0.29, 0.717) is 6.61 Å². The molecule has 3 N–H and O–H groups in total. The van der Waals surface area contributed by atoms with Crippen LogP contribution in [0.2, 0.25) is 0 Å². The molecular formula is C14H22O4. The second-order valence-electron chi connectivity index (χ2n) is 4.30. The summed E-state index contributed by atoms with van der Waals surface area (Å²) in [5, 5.41) is 26.3. The van der Waals surface area contributed by atoms with Crippen molar-refractivity contribution in [3.8, 4) is 5.75 Å². The number of hydrogen-bond acceptors (Lipinski definition) is 4. The summed E-state index contributed by atoms with van der Waals surface area (Å²) >= 11 is 0. The van der Waals surface area contributed by atoms with E-state index >= 15 is 0 Å². The van der Waals surface area contributed by atoms with Gasteiger partial charge in [-0.25, -0.2) is 0 Å². The van der Waals surface area contributed by atoms with Crippen LogP contribution in [0.3, 0.4) is 0 Å². The molecule has 4 heteroatoms. The van der Waals surface area contributed by atoms with Crippen LogP contribution in [0.15, 0.2) is 30.3 Å². The SMILES string of the molecule is OC1CCCCC1O.OCCOc1ccccc1. The van der Waals surface area contributed by atoms with Crippen molar-refractivity contribution >= 4 is 0 Å². The second kappa shape index (κ2) is 8.91. The molecule has 1 aliphatic rings.